The molecule has 2 nitrogen and oxygen atoms in total. The molecule has 0 unspecified atom stereocenters. The van der Waals surface area contributed by atoms with Gasteiger partial charge in [0, 0.05) is 7.05 Å². The molecule has 0 spiro atoms. The number of aryl methyl sites for hydroxylation is 1. The lowest BCUT2D eigenvalue weighted by atomic mass is 10.2. The first kappa shape index (κ1) is 8.08. The highest BCUT2D eigenvalue weighted by molar-refractivity contribution is 5.45. The fourth-order valence-corrected chi connectivity index (χ4v) is 0.929. The van der Waals surface area contributed by atoms with Gasteiger partial charge in [0.05, 0.1) is 12.8 Å². The zero-order chi connectivity index (χ0) is 8.27. The van der Waals surface area contributed by atoms with E-state index in [0.29, 0.717) is 0 Å². The summed E-state index contributed by atoms with van der Waals surface area (Å²) >= 11 is 0. The molecular formula is C9H13NO. The third-order valence-electron chi connectivity index (χ3n) is 1.64. The summed E-state index contributed by atoms with van der Waals surface area (Å²) in [6, 6.07) is 8.16. The molecule has 60 valence electrons. The van der Waals surface area contributed by atoms with Gasteiger partial charge in [-0.3, -0.25) is 9.90 Å². The van der Waals surface area contributed by atoms with Gasteiger partial charge in [0.1, 0.15) is 0 Å². The molecule has 0 aliphatic carbocycles. The number of benzene rings is 1. The smallest absolute Gasteiger partial charge is 0.0638 e. The summed E-state index contributed by atoms with van der Waals surface area (Å²) in [5, 5.41) is 1.73. The maximum atomic E-state index is 5.02. The molecule has 11 heavy (non-hydrogen) atoms. The van der Waals surface area contributed by atoms with Crippen LogP contribution < -0.4 is 5.06 Å². The maximum absolute atomic E-state index is 5.02. The zero-order valence-electron chi connectivity index (χ0n) is 7.16. The highest BCUT2D eigenvalue weighted by Crippen LogP contribution is 2.13. The second-order valence-electron chi connectivity index (χ2n) is 2.52. The van der Waals surface area contributed by atoms with E-state index in [2.05, 4.69) is 19.1 Å². The number of hydroxylamine groups is 1. The summed E-state index contributed by atoms with van der Waals surface area (Å²) in [4.78, 5) is 5.02. The Balaban J connectivity index is 2.86. The van der Waals surface area contributed by atoms with Crippen molar-refractivity contribution in [3.05, 3.63) is 29.8 Å². The molecule has 1 rings (SSSR count). The van der Waals surface area contributed by atoms with Gasteiger partial charge < -0.3 is 0 Å². The predicted octanol–water partition coefficient (Wildman–Crippen LogP) is 1.99. The third-order valence-corrected chi connectivity index (χ3v) is 1.64. The van der Waals surface area contributed by atoms with Crippen LogP contribution in [0.15, 0.2) is 24.3 Å². The monoisotopic (exact) mass is 151 g/mol. The van der Waals surface area contributed by atoms with Crippen LogP contribution in [0.1, 0.15) is 5.56 Å². The van der Waals surface area contributed by atoms with Crippen molar-refractivity contribution < 1.29 is 4.84 Å². The average Bonchev–Trinajstić information content (AvgIpc) is 2.03. The molecule has 0 saturated heterocycles. The van der Waals surface area contributed by atoms with Gasteiger partial charge in [-0.2, -0.15) is 0 Å². The van der Waals surface area contributed by atoms with Gasteiger partial charge >= 0.3 is 0 Å². The lowest BCUT2D eigenvalue weighted by molar-refractivity contribution is 0.185. The van der Waals surface area contributed by atoms with E-state index in [0.717, 1.165) is 5.69 Å². The molecule has 0 fully saturated rings. The van der Waals surface area contributed by atoms with Crippen LogP contribution in [0.3, 0.4) is 0 Å². The Kier molecular flexibility index (Phi) is 2.49. The minimum Gasteiger partial charge on any atom is -0.277 e. The van der Waals surface area contributed by atoms with E-state index in [-0.39, 0.29) is 0 Å². The largest absolute Gasteiger partial charge is 0.277 e. The van der Waals surface area contributed by atoms with E-state index in [9.17, 15) is 0 Å². The van der Waals surface area contributed by atoms with Gasteiger partial charge in [-0.05, 0) is 24.6 Å². The Morgan fingerprint density at radius 1 is 1.36 bits per heavy atom. The highest BCUT2D eigenvalue weighted by atomic mass is 16.7. The maximum Gasteiger partial charge on any atom is 0.0638 e. The Hall–Kier alpha value is -1.02. The van der Waals surface area contributed by atoms with Gasteiger partial charge in [0.2, 0.25) is 0 Å². The molecule has 0 aliphatic heterocycles. The molecule has 0 heterocycles. The van der Waals surface area contributed by atoms with Crippen molar-refractivity contribution in [2.75, 3.05) is 19.2 Å². The number of hydrogen-bond donors (Lipinski definition) is 0. The first-order valence-corrected chi connectivity index (χ1v) is 3.58. The highest BCUT2D eigenvalue weighted by Gasteiger charge is 1.96. The van der Waals surface area contributed by atoms with Crippen LogP contribution >= 0.6 is 0 Å². The first-order chi connectivity index (χ1) is 5.24. The molecule has 0 radical (unpaired) electrons. The number of nitrogens with zero attached hydrogens (tertiary/aromatic N) is 1. The summed E-state index contributed by atoms with van der Waals surface area (Å²) in [7, 11) is 3.54. The fourth-order valence-electron chi connectivity index (χ4n) is 0.929. The van der Waals surface area contributed by atoms with Crippen LogP contribution in [0.2, 0.25) is 0 Å². The molecule has 0 aliphatic rings. The van der Waals surface area contributed by atoms with Crippen LogP contribution in [-0.2, 0) is 4.84 Å². The lowest BCUT2D eigenvalue weighted by Crippen LogP contribution is -2.14. The van der Waals surface area contributed by atoms with Crippen molar-refractivity contribution in [2.24, 2.45) is 0 Å². The molecule has 0 aromatic heterocycles. The van der Waals surface area contributed by atoms with Crippen molar-refractivity contribution in [2.45, 2.75) is 6.92 Å². The van der Waals surface area contributed by atoms with Crippen molar-refractivity contribution in [1.82, 2.24) is 0 Å². The SMILES string of the molecule is CON(C)c1cccc(C)c1. The quantitative estimate of drug-likeness (QED) is 0.599. The molecule has 0 bridgehead atoms. The van der Waals surface area contributed by atoms with Crippen molar-refractivity contribution in [1.29, 1.82) is 0 Å². The van der Waals surface area contributed by atoms with Crippen LogP contribution in [0.4, 0.5) is 5.69 Å². The summed E-state index contributed by atoms with van der Waals surface area (Å²) in [6.45, 7) is 2.06. The zero-order valence-corrected chi connectivity index (χ0v) is 7.16. The van der Waals surface area contributed by atoms with Crippen molar-refractivity contribution >= 4 is 5.69 Å². The fraction of sp³-hybridized carbons (Fsp3) is 0.333. The normalized spacial score (nSPS) is 9.73. The summed E-state index contributed by atoms with van der Waals surface area (Å²) < 4.78 is 0. The molecule has 0 atom stereocenters. The van der Waals surface area contributed by atoms with Gasteiger partial charge in [0.25, 0.3) is 0 Å². The van der Waals surface area contributed by atoms with Crippen LogP contribution in [-0.4, -0.2) is 14.2 Å². The van der Waals surface area contributed by atoms with E-state index in [1.54, 1.807) is 12.2 Å². The van der Waals surface area contributed by atoms with Crippen LogP contribution in [0.25, 0.3) is 0 Å². The van der Waals surface area contributed by atoms with E-state index in [1.165, 1.54) is 5.56 Å². The van der Waals surface area contributed by atoms with Gasteiger partial charge in [-0.25, -0.2) is 0 Å². The minimum absolute atomic E-state index is 1.08. The van der Waals surface area contributed by atoms with Crippen molar-refractivity contribution in [3.8, 4) is 0 Å². The molecular weight excluding hydrogens is 138 g/mol. The predicted molar refractivity (Wildman–Crippen MR) is 46.6 cm³/mol. The minimum atomic E-state index is 1.08. The van der Waals surface area contributed by atoms with E-state index >= 15 is 0 Å². The van der Waals surface area contributed by atoms with E-state index in [4.69, 9.17) is 4.84 Å². The second kappa shape index (κ2) is 3.39. The second-order valence-corrected chi connectivity index (χ2v) is 2.52. The Morgan fingerprint density at radius 2 is 2.09 bits per heavy atom. The summed E-state index contributed by atoms with van der Waals surface area (Å²) in [5.74, 6) is 0. The number of rotatable bonds is 2. The Labute approximate surface area is 67.4 Å². The van der Waals surface area contributed by atoms with E-state index < -0.39 is 0 Å². The van der Waals surface area contributed by atoms with Crippen molar-refractivity contribution in [3.63, 3.8) is 0 Å². The molecule has 1 aromatic carbocycles. The van der Waals surface area contributed by atoms with Gasteiger partial charge in [0.15, 0.2) is 0 Å². The molecule has 1 aromatic rings. The number of anilines is 1. The third kappa shape index (κ3) is 1.95. The van der Waals surface area contributed by atoms with Crippen LogP contribution in [0.5, 0.6) is 0 Å². The number of hydrogen-bond acceptors (Lipinski definition) is 2. The van der Waals surface area contributed by atoms with Crippen LogP contribution in [0, 0.1) is 6.92 Å². The summed E-state index contributed by atoms with van der Waals surface area (Å²) in [5.41, 5.74) is 2.32. The van der Waals surface area contributed by atoms with E-state index in [1.807, 2.05) is 19.2 Å². The first-order valence-electron chi connectivity index (χ1n) is 3.58. The standard InChI is InChI=1S/C9H13NO/c1-8-5-4-6-9(7-8)10(2)11-3/h4-7H,1-3H3. The Morgan fingerprint density at radius 3 is 2.64 bits per heavy atom. The molecule has 2 heteroatoms. The molecule has 0 amide bonds. The lowest BCUT2D eigenvalue weighted by Gasteiger charge is -2.15. The van der Waals surface area contributed by atoms with Gasteiger partial charge in [-0.1, -0.05) is 12.1 Å². The van der Waals surface area contributed by atoms with Gasteiger partial charge in [-0.15, -0.1) is 0 Å². The Bertz CT molecular complexity index is 235. The summed E-state index contributed by atoms with van der Waals surface area (Å²) in [6.07, 6.45) is 0. The molecule has 0 saturated carbocycles. The molecule has 0 N–H and O–H groups in total. The average molecular weight is 151 g/mol. The topological polar surface area (TPSA) is 12.5 Å².